The molecule has 2 N–H and O–H groups in total. The fraction of sp³-hybridized carbons (Fsp3) is 0.538. The van der Waals surface area contributed by atoms with Crippen LogP contribution in [0.3, 0.4) is 0 Å². The summed E-state index contributed by atoms with van der Waals surface area (Å²) in [6, 6.07) is 10.4. The molecular weight excluding hydrogens is 232 g/mol. The Morgan fingerprint density at radius 1 is 1.24 bits per heavy atom. The highest BCUT2D eigenvalue weighted by molar-refractivity contribution is 7.84. The van der Waals surface area contributed by atoms with Gasteiger partial charge in [-0.3, -0.25) is 9.11 Å². The maximum atomic E-state index is 11.1. The molecule has 1 rings (SSSR count). The minimum atomic E-state index is -0.723. The van der Waals surface area contributed by atoms with Crippen LogP contribution in [-0.2, 0) is 17.3 Å². The third-order valence-corrected chi connectivity index (χ3v) is 3.38. The van der Waals surface area contributed by atoms with E-state index in [1.807, 2.05) is 6.07 Å². The molecule has 0 saturated heterocycles. The Kier molecular flexibility index (Phi) is 7.08. The monoisotopic (exact) mass is 254 g/mol. The standard InChI is InChI=1S/C13H22N2OS/c1-17(16)11-10-15(9-5-8-14)12-13-6-3-2-4-7-13/h2-4,6-7H,5,8-12,14H2,1H3. The number of hydrogen-bond donors (Lipinski definition) is 1. The predicted molar refractivity (Wildman–Crippen MR) is 74.3 cm³/mol. The van der Waals surface area contributed by atoms with Crippen LogP contribution in [0, 0.1) is 0 Å². The van der Waals surface area contributed by atoms with E-state index in [0.29, 0.717) is 6.54 Å². The quantitative estimate of drug-likeness (QED) is 0.758. The van der Waals surface area contributed by atoms with Crippen LogP contribution in [0.2, 0.25) is 0 Å². The minimum absolute atomic E-state index is 0.709. The maximum Gasteiger partial charge on any atom is 0.0359 e. The average molecular weight is 254 g/mol. The molecule has 17 heavy (non-hydrogen) atoms. The van der Waals surface area contributed by atoms with E-state index in [-0.39, 0.29) is 0 Å². The average Bonchev–Trinajstić information content (AvgIpc) is 2.34. The Hall–Kier alpha value is -0.710. The van der Waals surface area contributed by atoms with Gasteiger partial charge in [-0.25, -0.2) is 0 Å². The first-order valence-corrected chi connectivity index (χ1v) is 7.71. The van der Waals surface area contributed by atoms with Gasteiger partial charge in [0.2, 0.25) is 0 Å². The highest BCUT2D eigenvalue weighted by Crippen LogP contribution is 2.04. The van der Waals surface area contributed by atoms with Crippen molar-refractivity contribution in [3.8, 4) is 0 Å². The molecule has 0 fully saturated rings. The Morgan fingerprint density at radius 3 is 2.53 bits per heavy atom. The molecule has 0 aliphatic rings. The normalized spacial score (nSPS) is 12.9. The summed E-state index contributed by atoms with van der Waals surface area (Å²) in [7, 11) is -0.723. The number of hydrogen-bond acceptors (Lipinski definition) is 3. The molecule has 1 aromatic carbocycles. The Bertz CT molecular complexity index is 329. The Morgan fingerprint density at radius 2 is 1.94 bits per heavy atom. The van der Waals surface area contributed by atoms with Crippen LogP contribution >= 0.6 is 0 Å². The van der Waals surface area contributed by atoms with Crippen molar-refractivity contribution in [3.63, 3.8) is 0 Å². The second kappa shape index (κ2) is 8.39. The lowest BCUT2D eigenvalue weighted by Gasteiger charge is -2.21. The van der Waals surface area contributed by atoms with Crippen molar-refractivity contribution in [2.75, 3.05) is 31.6 Å². The largest absolute Gasteiger partial charge is 0.330 e. The van der Waals surface area contributed by atoms with Gasteiger partial charge in [0, 0.05) is 35.9 Å². The number of nitrogens with two attached hydrogens (primary N) is 1. The van der Waals surface area contributed by atoms with Gasteiger partial charge in [0.15, 0.2) is 0 Å². The van der Waals surface area contributed by atoms with Crippen molar-refractivity contribution < 1.29 is 4.21 Å². The molecule has 0 spiro atoms. The van der Waals surface area contributed by atoms with Crippen molar-refractivity contribution in [1.29, 1.82) is 0 Å². The van der Waals surface area contributed by atoms with E-state index in [9.17, 15) is 4.21 Å². The van der Waals surface area contributed by atoms with Gasteiger partial charge in [0.25, 0.3) is 0 Å². The summed E-state index contributed by atoms with van der Waals surface area (Å²) < 4.78 is 11.1. The van der Waals surface area contributed by atoms with Crippen molar-refractivity contribution in [2.24, 2.45) is 5.73 Å². The molecule has 0 aromatic heterocycles. The summed E-state index contributed by atoms with van der Waals surface area (Å²) in [5.74, 6) is 0.734. The van der Waals surface area contributed by atoms with Crippen LogP contribution in [0.4, 0.5) is 0 Å². The van der Waals surface area contributed by atoms with Gasteiger partial charge >= 0.3 is 0 Å². The zero-order chi connectivity index (χ0) is 12.5. The van der Waals surface area contributed by atoms with E-state index in [0.717, 1.165) is 31.8 Å². The van der Waals surface area contributed by atoms with Gasteiger partial charge < -0.3 is 5.73 Å². The second-order valence-corrected chi connectivity index (χ2v) is 5.74. The van der Waals surface area contributed by atoms with Crippen molar-refractivity contribution in [3.05, 3.63) is 35.9 Å². The molecule has 0 aliphatic carbocycles. The second-order valence-electron chi connectivity index (χ2n) is 4.18. The smallest absolute Gasteiger partial charge is 0.0359 e. The zero-order valence-corrected chi connectivity index (χ0v) is 11.3. The molecule has 96 valence electrons. The molecule has 0 aliphatic heterocycles. The highest BCUT2D eigenvalue weighted by atomic mass is 32.2. The van der Waals surface area contributed by atoms with Gasteiger partial charge in [-0.2, -0.15) is 0 Å². The molecule has 0 bridgehead atoms. The lowest BCUT2D eigenvalue weighted by molar-refractivity contribution is 0.280. The van der Waals surface area contributed by atoms with Crippen LogP contribution in [-0.4, -0.2) is 40.8 Å². The molecule has 0 heterocycles. The van der Waals surface area contributed by atoms with E-state index in [2.05, 4.69) is 29.2 Å². The predicted octanol–water partition coefficient (Wildman–Crippen LogP) is 1.22. The van der Waals surface area contributed by atoms with E-state index >= 15 is 0 Å². The van der Waals surface area contributed by atoms with Crippen LogP contribution in [0.25, 0.3) is 0 Å². The highest BCUT2D eigenvalue weighted by Gasteiger charge is 2.06. The van der Waals surface area contributed by atoms with E-state index < -0.39 is 10.8 Å². The van der Waals surface area contributed by atoms with Gasteiger partial charge in [-0.15, -0.1) is 0 Å². The SMILES string of the molecule is CS(=O)CCN(CCCN)Cc1ccccc1. The number of rotatable bonds is 8. The Balaban J connectivity index is 2.47. The fourth-order valence-electron chi connectivity index (χ4n) is 1.68. The summed E-state index contributed by atoms with van der Waals surface area (Å²) in [6.45, 7) is 3.47. The van der Waals surface area contributed by atoms with E-state index in [4.69, 9.17) is 5.73 Å². The van der Waals surface area contributed by atoms with Gasteiger partial charge in [0.05, 0.1) is 0 Å². The van der Waals surface area contributed by atoms with Crippen LogP contribution in [0.5, 0.6) is 0 Å². The first kappa shape index (κ1) is 14.4. The molecule has 3 nitrogen and oxygen atoms in total. The topological polar surface area (TPSA) is 46.3 Å². The van der Waals surface area contributed by atoms with Gasteiger partial charge in [-0.1, -0.05) is 30.3 Å². The summed E-state index contributed by atoms with van der Waals surface area (Å²) in [6.07, 6.45) is 2.74. The fourth-order valence-corrected chi connectivity index (χ4v) is 2.20. The van der Waals surface area contributed by atoms with E-state index in [1.165, 1.54) is 5.56 Å². The third-order valence-electron chi connectivity index (χ3n) is 2.62. The molecule has 0 amide bonds. The lowest BCUT2D eigenvalue weighted by Crippen LogP contribution is -2.29. The van der Waals surface area contributed by atoms with E-state index in [1.54, 1.807) is 6.26 Å². The van der Waals surface area contributed by atoms with Crippen LogP contribution in [0.1, 0.15) is 12.0 Å². The van der Waals surface area contributed by atoms with Gasteiger partial charge in [0.1, 0.15) is 0 Å². The first-order chi connectivity index (χ1) is 8.22. The Labute approximate surface area is 106 Å². The first-order valence-electron chi connectivity index (χ1n) is 5.98. The van der Waals surface area contributed by atoms with Gasteiger partial charge in [-0.05, 0) is 25.1 Å². The molecule has 0 saturated carbocycles. The van der Waals surface area contributed by atoms with Crippen LogP contribution < -0.4 is 5.73 Å². The third kappa shape index (κ3) is 6.56. The number of nitrogens with zero attached hydrogens (tertiary/aromatic N) is 1. The summed E-state index contributed by atoms with van der Waals surface area (Å²) in [5.41, 5.74) is 6.84. The summed E-state index contributed by atoms with van der Waals surface area (Å²) in [5, 5.41) is 0. The zero-order valence-electron chi connectivity index (χ0n) is 10.5. The maximum absolute atomic E-state index is 11.1. The summed E-state index contributed by atoms with van der Waals surface area (Å²) >= 11 is 0. The van der Waals surface area contributed by atoms with Crippen LogP contribution in [0.15, 0.2) is 30.3 Å². The molecule has 1 atom stereocenters. The lowest BCUT2D eigenvalue weighted by atomic mass is 10.2. The van der Waals surface area contributed by atoms with Crippen molar-refractivity contribution in [2.45, 2.75) is 13.0 Å². The van der Waals surface area contributed by atoms with Crippen molar-refractivity contribution >= 4 is 10.8 Å². The minimum Gasteiger partial charge on any atom is -0.330 e. The summed E-state index contributed by atoms with van der Waals surface area (Å²) in [4.78, 5) is 2.32. The molecule has 0 radical (unpaired) electrons. The molecule has 1 aromatic rings. The molecule has 4 heteroatoms. The molecular formula is C13H22N2OS. The van der Waals surface area contributed by atoms with Crippen molar-refractivity contribution in [1.82, 2.24) is 4.90 Å². The molecule has 1 unspecified atom stereocenters. The number of benzene rings is 1.